The number of sulfonamides is 1. The summed E-state index contributed by atoms with van der Waals surface area (Å²) in [6.07, 6.45) is 10.4. The Kier molecular flexibility index (Phi) is 12.8. The van der Waals surface area contributed by atoms with E-state index in [0.29, 0.717) is 31.9 Å². The molecule has 0 radical (unpaired) electrons. The summed E-state index contributed by atoms with van der Waals surface area (Å²) in [5, 5.41) is 7.12. The van der Waals surface area contributed by atoms with Crippen molar-refractivity contribution in [2.24, 2.45) is 4.99 Å². The molecular formula is C19H36IN5O3S. The lowest BCUT2D eigenvalue weighted by Crippen LogP contribution is -2.54. The molecule has 0 bridgehead atoms. The van der Waals surface area contributed by atoms with Crippen LogP contribution in [0.4, 0.5) is 0 Å². The molecule has 1 aromatic rings. The molecule has 0 aliphatic carbocycles. The Balaban J connectivity index is 0.00000420. The number of unbranched alkanes of at least 4 members (excludes halogenated alkanes) is 6. The maximum absolute atomic E-state index is 12.5. The summed E-state index contributed by atoms with van der Waals surface area (Å²) >= 11 is 0. The molecule has 0 saturated carbocycles. The van der Waals surface area contributed by atoms with E-state index in [1.54, 1.807) is 13.1 Å². The zero-order valence-electron chi connectivity index (χ0n) is 17.7. The highest BCUT2D eigenvalue weighted by atomic mass is 127. The van der Waals surface area contributed by atoms with E-state index in [1.165, 1.54) is 49.1 Å². The summed E-state index contributed by atoms with van der Waals surface area (Å²) in [6, 6.07) is 1.59. The van der Waals surface area contributed by atoms with Gasteiger partial charge in [0.1, 0.15) is 12.0 Å². The number of halogens is 1. The van der Waals surface area contributed by atoms with Crippen LogP contribution in [-0.4, -0.2) is 68.5 Å². The number of nitrogens with zero attached hydrogens (tertiary/aromatic N) is 4. The molecule has 168 valence electrons. The van der Waals surface area contributed by atoms with Crippen LogP contribution in [0.5, 0.6) is 0 Å². The summed E-state index contributed by atoms with van der Waals surface area (Å²) in [4.78, 5) is 6.49. The van der Waals surface area contributed by atoms with Crippen molar-refractivity contribution >= 4 is 40.0 Å². The average molecular weight is 542 g/mol. The van der Waals surface area contributed by atoms with Crippen molar-refractivity contribution in [2.45, 2.75) is 57.6 Å². The van der Waals surface area contributed by atoms with Gasteiger partial charge in [-0.1, -0.05) is 50.6 Å². The van der Waals surface area contributed by atoms with Gasteiger partial charge in [0.15, 0.2) is 5.96 Å². The molecular weight excluding hydrogens is 505 g/mol. The number of hydrogen-bond acceptors (Lipinski definition) is 5. The molecule has 2 heterocycles. The molecule has 1 fully saturated rings. The van der Waals surface area contributed by atoms with Gasteiger partial charge >= 0.3 is 0 Å². The molecule has 0 atom stereocenters. The summed E-state index contributed by atoms with van der Waals surface area (Å²) in [7, 11) is -1.59. The van der Waals surface area contributed by atoms with E-state index in [-0.39, 0.29) is 29.7 Å². The summed E-state index contributed by atoms with van der Waals surface area (Å²) in [5.41, 5.74) is 0.439. The summed E-state index contributed by atoms with van der Waals surface area (Å²) in [6.45, 7) is 5.33. The highest BCUT2D eigenvalue weighted by Gasteiger charge is 2.28. The summed E-state index contributed by atoms with van der Waals surface area (Å²) < 4.78 is 31.3. The smallest absolute Gasteiger partial charge is 0.220 e. The number of aromatic nitrogens is 1. The highest BCUT2D eigenvalue weighted by molar-refractivity contribution is 14.0. The van der Waals surface area contributed by atoms with Crippen molar-refractivity contribution < 1.29 is 12.9 Å². The highest BCUT2D eigenvalue weighted by Crippen LogP contribution is 2.13. The van der Waals surface area contributed by atoms with Crippen molar-refractivity contribution in [3.8, 4) is 0 Å². The van der Waals surface area contributed by atoms with Crippen LogP contribution in [0.25, 0.3) is 0 Å². The molecule has 1 saturated heterocycles. The first-order valence-electron chi connectivity index (χ1n) is 10.4. The first-order chi connectivity index (χ1) is 13.6. The van der Waals surface area contributed by atoms with E-state index in [9.17, 15) is 8.42 Å². The molecule has 8 nitrogen and oxygen atoms in total. The lowest BCUT2D eigenvalue weighted by Gasteiger charge is -2.35. The Hall–Kier alpha value is -0.880. The Morgan fingerprint density at radius 1 is 1.14 bits per heavy atom. The van der Waals surface area contributed by atoms with E-state index in [2.05, 4.69) is 27.3 Å². The third-order valence-electron chi connectivity index (χ3n) is 5.03. The first-order valence-corrected chi connectivity index (χ1v) is 12.0. The van der Waals surface area contributed by atoms with E-state index in [0.717, 1.165) is 18.9 Å². The van der Waals surface area contributed by atoms with E-state index in [4.69, 9.17) is 4.52 Å². The average Bonchev–Trinajstić information content (AvgIpc) is 3.19. The monoisotopic (exact) mass is 541 g/mol. The van der Waals surface area contributed by atoms with Gasteiger partial charge in [0.2, 0.25) is 10.0 Å². The van der Waals surface area contributed by atoms with Gasteiger partial charge in [0, 0.05) is 45.8 Å². The second-order valence-corrected chi connectivity index (χ2v) is 9.20. The SMILES string of the molecule is CCCCCCCCCNC(=NC)N1CCN(S(=O)(=O)Cc2ccon2)CC1.I. The van der Waals surface area contributed by atoms with Crippen LogP contribution in [0.3, 0.4) is 0 Å². The Bertz CT molecular complexity index is 674. The van der Waals surface area contributed by atoms with Gasteiger partial charge in [-0.05, 0) is 6.42 Å². The maximum atomic E-state index is 12.5. The molecule has 0 aromatic carbocycles. The van der Waals surface area contributed by atoms with Gasteiger partial charge in [0.25, 0.3) is 0 Å². The molecule has 0 unspecified atom stereocenters. The maximum Gasteiger partial charge on any atom is 0.220 e. The first kappa shape index (κ1) is 26.2. The van der Waals surface area contributed by atoms with Gasteiger partial charge < -0.3 is 14.7 Å². The van der Waals surface area contributed by atoms with Gasteiger partial charge in [-0.25, -0.2) is 8.42 Å². The van der Waals surface area contributed by atoms with Crippen LogP contribution in [0.1, 0.15) is 57.6 Å². The number of rotatable bonds is 11. The third-order valence-corrected chi connectivity index (χ3v) is 6.84. The normalized spacial score (nSPS) is 15.9. The number of guanidine groups is 1. The minimum Gasteiger partial charge on any atom is -0.364 e. The van der Waals surface area contributed by atoms with Crippen LogP contribution in [-0.2, 0) is 15.8 Å². The molecule has 1 N–H and O–H groups in total. The zero-order chi connectivity index (χ0) is 20.2. The Morgan fingerprint density at radius 3 is 2.38 bits per heavy atom. The minimum absolute atomic E-state index is 0. The van der Waals surface area contributed by atoms with Crippen LogP contribution < -0.4 is 5.32 Å². The molecule has 29 heavy (non-hydrogen) atoms. The molecule has 1 aliphatic rings. The molecule has 0 spiro atoms. The fourth-order valence-electron chi connectivity index (χ4n) is 3.38. The minimum atomic E-state index is -3.37. The van der Waals surface area contributed by atoms with Gasteiger partial charge in [0.05, 0.1) is 5.69 Å². The van der Waals surface area contributed by atoms with Crippen molar-refractivity contribution in [1.29, 1.82) is 0 Å². The molecule has 0 amide bonds. The summed E-state index contributed by atoms with van der Waals surface area (Å²) in [5.74, 6) is 0.744. The Labute approximate surface area is 192 Å². The largest absolute Gasteiger partial charge is 0.364 e. The number of piperazine rings is 1. The van der Waals surface area contributed by atoms with Crippen LogP contribution in [0.2, 0.25) is 0 Å². The lowest BCUT2D eigenvalue weighted by atomic mass is 10.1. The molecule has 10 heteroatoms. The van der Waals surface area contributed by atoms with Crippen molar-refractivity contribution in [2.75, 3.05) is 39.8 Å². The van der Waals surface area contributed by atoms with Gasteiger partial charge in [-0.15, -0.1) is 24.0 Å². The van der Waals surface area contributed by atoms with Crippen molar-refractivity contribution in [3.63, 3.8) is 0 Å². The van der Waals surface area contributed by atoms with Gasteiger partial charge in [-0.2, -0.15) is 4.31 Å². The predicted octanol–water partition coefficient (Wildman–Crippen LogP) is 3.07. The quantitative estimate of drug-likeness (QED) is 0.201. The van der Waals surface area contributed by atoms with Crippen LogP contribution in [0.15, 0.2) is 21.8 Å². The van der Waals surface area contributed by atoms with Gasteiger partial charge in [-0.3, -0.25) is 4.99 Å². The lowest BCUT2D eigenvalue weighted by molar-refractivity contribution is 0.260. The van der Waals surface area contributed by atoms with Crippen LogP contribution in [0, 0.1) is 0 Å². The zero-order valence-corrected chi connectivity index (χ0v) is 20.8. The van der Waals surface area contributed by atoms with Crippen molar-refractivity contribution in [1.82, 2.24) is 19.7 Å². The second kappa shape index (κ2) is 14.2. The fourth-order valence-corrected chi connectivity index (χ4v) is 4.81. The number of aliphatic imine (C=N–C) groups is 1. The number of hydrogen-bond donors (Lipinski definition) is 1. The second-order valence-electron chi connectivity index (χ2n) is 7.23. The standard InChI is InChI=1S/C19H35N5O3S.HI/c1-3-4-5-6-7-8-9-11-21-19(20-2)23-12-14-24(15-13-23)28(25,26)17-18-10-16-27-22-18;/h10,16H,3-9,11-15,17H2,1-2H3,(H,20,21);1H. The molecule has 1 aromatic heterocycles. The molecule has 2 rings (SSSR count). The molecule has 1 aliphatic heterocycles. The Morgan fingerprint density at radius 2 is 1.79 bits per heavy atom. The fraction of sp³-hybridized carbons (Fsp3) is 0.789. The number of nitrogens with one attached hydrogen (secondary N) is 1. The topological polar surface area (TPSA) is 91.0 Å². The van der Waals surface area contributed by atoms with Crippen LogP contribution >= 0.6 is 24.0 Å². The predicted molar refractivity (Wildman–Crippen MR) is 127 cm³/mol. The van der Waals surface area contributed by atoms with E-state index >= 15 is 0 Å². The van der Waals surface area contributed by atoms with E-state index in [1.807, 2.05) is 0 Å². The van der Waals surface area contributed by atoms with E-state index < -0.39 is 10.0 Å². The third kappa shape index (κ3) is 9.20. The van der Waals surface area contributed by atoms with Crippen molar-refractivity contribution in [3.05, 3.63) is 18.0 Å².